The lowest BCUT2D eigenvalue weighted by Gasteiger charge is -2.04. The molecule has 0 fully saturated rings. The van der Waals surface area contributed by atoms with Crippen molar-refractivity contribution in [1.29, 1.82) is 0 Å². The average Bonchev–Trinajstić information content (AvgIpc) is 2.94. The van der Waals surface area contributed by atoms with Crippen LogP contribution in [0.15, 0.2) is 57.5 Å². The zero-order valence-corrected chi connectivity index (χ0v) is 14.6. The van der Waals surface area contributed by atoms with Crippen LogP contribution in [0.25, 0.3) is 22.5 Å². The minimum atomic E-state index is -4.53. The van der Waals surface area contributed by atoms with E-state index in [2.05, 4.69) is 41.8 Å². The van der Waals surface area contributed by atoms with Crippen LogP contribution in [0.2, 0.25) is 0 Å². The summed E-state index contributed by atoms with van der Waals surface area (Å²) >= 11 is 6.63. The molecule has 2 nitrogen and oxygen atoms in total. The average molecular weight is 446 g/mol. The fraction of sp³-hybridized carbons (Fsp3) is 0.0625. The van der Waals surface area contributed by atoms with Crippen LogP contribution in [-0.4, -0.2) is 9.97 Å². The van der Waals surface area contributed by atoms with Gasteiger partial charge in [0.25, 0.3) is 0 Å². The lowest BCUT2D eigenvalue weighted by atomic mass is 10.1. The van der Waals surface area contributed by atoms with Gasteiger partial charge in [0, 0.05) is 20.1 Å². The van der Waals surface area contributed by atoms with Gasteiger partial charge in [0.15, 0.2) is 0 Å². The van der Waals surface area contributed by atoms with Crippen molar-refractivity contribution in [2.24, 2.45) is 0 Å². The van der Waals surface area contributed by atoms with Crippen molar-refractivity contribution in [2.45, 2.75) is 6.18 Å². The smallest absolute Gasteiger partial charge is 0.334 e. The van der Waals surface area contributed by atoms with E-state index in [1.807, 2.05) is 0 Å². The van der Waals surface area contributed by atoms with Crippen LogP contribution in [-0.2, 0) is 6.18 Å². The Bertz CT molecular complexity index is 759. The summed E-state index contributed by atoms with van der Waals surface area (Å²) in [6, 6.07) is 14.0. The molecule has 0 amide bonds. The summed E-state index contributed by atoms with van der Waals surface area (Å²) in [5, 5.41) is 0. The minimum absolute atomic E-state index is 0.271. The molecule has 1 heterocycles. The van der Waals surface area contributed by atoms with Gasteiger partial charge in [-0.1, -0.05) is 56.1 Å². The number of H-pyrrole nitrogens is 1. The molecule has 0 aliphatic heterocycles. The second-order valence-electron chi connectivity index (χ2n) is 4.82. The van der Waals surface area contributed by atoms with E-state index in [1.54, 1.807) is 48.5 Å². The SMILES string of the molecule is FC(F)(F)c1nc(-c2ccc(Br)cc2)c(-c2ccc(Br)cc2)[nH]1. The molecule has 3 rings (SSSR count). The Morgan fingerprint density at radius 3 is 1.74 bits per heavy atom. The first-order chi connectivity index (χ1) is 10.8. The second-order valence-corrected chi connectivity index (χ2v) is 6.65. The van der Waals surface area contributed by atoms with Crippen LogP contribution in [0.3, 0.4) is 0 Å². The molecule has 0 saturated carbocycles. The molecule has 3 aromatic rings. The van der Waals surface area contributed by atoms with E-state index in [9.17, 15) is 13.2 Å². The molecule has 2 aromatic carbocycles. The van der Waals surface area contributed by atoms with Crippen molar-refractivity contribution in [3.05, 3.63) is 63.3 Å². The van der Waals surface area contributed by atoms with Crippen LogP contribution in [0.5, 0.6) is 0 Å². The van der Waals surface area contributed by atoms with Crippen LogP contribution >= 0.6 is 31.9 Å². The molecule has 1 N–H and O–H groups in total. The van der Waals surface area contributed by atoms with Crippen LogP contribution in [0, 0.1) is 0 Å². The van der Waals surface area contributed by atoms with E-state index < -0.39 is 12.0 Å². The number of benzene rings is 2. The molecule has 23 heavy (non-hydrogen) atoms. The molecule has 0 aliphatic rings. The van der Waals surface area contributed by atoms with Crippen molar-refractivity contribution >= 4 is 31.9 Å². The lowest BCUT2D eigenvalue weighted by molar-refractivity contribution is -0.144. The van der Waals surface area contributed by atoms with Crippen molar-refractivity contribution in [3.8, 4) is 22.5 Å². The van der Waals surface area contributed by atoms with E-state index in [-0.39, 0.29) is 5.69 Å². The zero-order valence-electron chi connectivity index (χ0n) is 11.5. The molecule has 7 heteroatoms. The molecule has 1 aromatic heterocycles. The van der Waals surface area contributed by atoms with Gasteiger partial charge >= 0.3 is 6.18 Å². The molecule has 0 radical (unpaired) electrons. The Morgan fingerprint density at radius 1 is 0.783 bits per heavy atom. The van der Waals surface area contributed by atoms with Gasteiger partial charge in [-0.05, 0) is 24.3 Å². The van der Waals surface area contributed by atoms with E-state index in [1.165, 1.54) is 0 Å². The first-order valence-corrected chi connectivity index (χ1v) is 8.12. The number of rotatable bonds is 2. The third-order valence-corrected chi connectivity index (χ3v) is 4.28. The molecule has 0 aliphatic carbocycles. The van der Waals surface area contributed by atoms with Crippen LogP contribution in [0.4, 0.5) is 13.2 Å². The monoisotopic (exact) mass is 444 g/mol. The Morgan fingerprint density at radius 2 is 1.26 bits per heavy atom. The summed E-state index contributed by atoms with van der Waals surface area (Å²) < 4.78 is 40.8. The Hall–Kier alpha value is -1.60. The van der Waals surface area contributed by atoms with Crippen molar-refractivity contribution in [1.82, 2.24) is 9.97 Å². The maximum absolute atomic E-state index is 13.0. The standard InChI is InChI=1S/C16H9Br2F3N2/c17-11-5-1-9(2-6-11)13-14(10-3-7-12(18)8-4-10)23-15(22-13)16(19,20)21/h1-8H,(H,22,23). The summed E-state index contributed by atoms with van der Waals surface area (Å²) in [4.78, 5) is 6.18. The van der Waals surface area contributed by atoms with E-state index in [4.69, 9.17) is 0 Å². The first-order valence-electron chi connectivity index (χ1n) is 6.53. The highest BCUT2D eigenvalue weighted by Gasteiger charge is 2.36. The normalized spacial score (nSPS) is 11.7. The van der Waals surface area contributed by atoms with Gasteiger partial charge in [-0.25, -0.2) is 4.98 Å². The van der Waals surface area contributed by atoms with Crippen molar-refractivity contribution in [2.75, 3.05) is 0 Å². The van der Waals surface area contributed by atoms with Crippen LogP contribution < -0.4 is 0 Å². The van der Waals surface area contributed by atoms with Gasteiger partial charge < -0.3 is 4.98 Å². The molecule has 0 bridgehead atoms. The number of aromatic nitrogens is 2. The number of halogens is 5. The highest BCUT2D eigenvalue weighted by Crippen LogP contribution is 2.36. The molecule has 0 atom stereocenters. The van der Waals surface area contributed by atoms with Gasteiger partial charge in [-0.2, -0.15) is 13.2 Å². The molecular formula is C16H9Br2F3N2. The van der Waals surface area contributed by atoms with E-state index >= 15 is 0 Å². The summed E-state index contributed by atoms with van der Waals surface area (Å²) in [6.45, 7) is 0. The fourth-order valence-corrected chi connectivity index (χ4v) is 2.68. The quantitative estimate of drug-likeness (QED) is 0.493. The predicted octanol–water partition coefficient (Wildman–Crippen LogP) is 6.29. The second kappa shape index (κ2) is 6.13. The van der Waals surface area contributed by atoms with Gasteiger partial charge in [0.05, 0.1) is 11.4 Å². The van der Waals surface area contributed by atoms with E-state index in [0.717, 1.165) is 8.95 Å². The number of nitrogens with zero attached hydrogens (tertiary/aromatic N) is 1. The zero-order chi connectivity index (χ0) is 16.6. The van der Waals surface area contributed by atoms with Gasteiger partial charge in [-0.3, -0.25) is 0 Å². The third-order valence-electron chi connectivity index (χ3n) is 3.22. The minimum Gasteiger partial charge on any atom is -0.334 e. The van der Waals surface area contributed by atoms with E-state index in [0.29, 0.717) is 16.8 Å². The number of imidazole rings is 1. The Labute approximate surface area is 147 Å². The third kappa shape index (κ3) is 3.50. The lowest BCUT2D eigenvalue weighted by Crippen LogP contribution is -2.07. The van der Waals surface area contributed by atoms with Crippen molar-refractivity contribution in [3.63, 3.8) is 0 Å². The van der Waals surface area contributed by atoms with Gasteiger partial charge in [-0.15, -0.1) is 0 Å². The highest BCUT2D eigenvalue weighted by molar-refractivity contribution is 9.10. The maximum atomic E-state index is 13.0. The molecule has 0 unspecified atom stereocenters. The summed E-state index contributed by atoms with van der Waals surface area (Å²) in [5.41, 5.74) is 1.85. The Kier molecular flexibility index (Phi) is 4.33. The topological polar surface area (TPSA) is 28.7 Å². The Balaban J connectivity index is 2.18. The first kappa shape index (κ1) is 16.3. The predicted molar refractivity (Wildman–Crippen MR) is 89.9 cm³/mol. The number of nitrogens with one attached hydrogen (secondary N) is 1. The largest absolute Gasteiger partial charge is 0.449 e. The van der Waals surface area contributed by atoms with Crippen LogP contribution in [0.1, 0.15) is 5.82 Å². The number of hydrogen-bond donors (Lipinski definition) is 1. The maximum Gasteiger partial charge on any atom is 0.449 e. The molecule has 0 spiro atoms. The summed E-state index contributed by atoms with van der Waals surface area (Å²) in [6.07, 6.45) is -4.53. The number of alkyl halides is 3. The fourth-order valence-electron chi connectivity index (χ4n) is 2.15. The summed E-state index contributed by atoms with van der Waals surface area (Å²) in [5.74, 6) is -1.01. The highest BCUT2D eigenvalue weighted by atomic mass is 79.9. The summed E-state index contributed by atoms with van der Waals surface area (Å²) in [7, 11) is 0. The van der Waals surface area contributed by atoms with Gasteiger partial charge in [0.1, 0.15) is 0 Å². The van der Waals surface area contributed by atoms with Gasteiger partial charge in [0.2, 0.25) is 5.82 Å². The molecule has 0 saturated heterocycles. The number of aromatic amines is 1. The number of hydrogen-bond acceptors (Lipinski definition) is 1. The molecule has 118 valence electrons. The van der Waals surface area contributed by atoms with Crippen molar-refractivity contribution < 1.29 is 13.2 Å². The molecular weight excluding hydrogens is 437 g/mol.